The minimum absolute atomic E-state index is 0.0132. The molecule has 0 aliphatic heterocycles. The highest BCUT2D eigenvalue weighted by atomic mass is 16.2. The first-order valence-corrected chi connectivity index (χ1v) is 5.57. The van der Waals surface area contributed by atoms with Gasteiger partial charge in [0.1, 0.15) is 0 Å². The van der Waals surface area contributed by atoms with Crippen molar-refractivity contribution in [3.63, 3.8) is 0 Å². The number of carbonyl (C=O) groups excluding carboxylic acids is 1. The lowest BCUT2D eigenvalue weighted by Gasteiger charge is -2.33. The van der Waals surface area contributed by atoms with Crippen LogP contribution in [0.5, 0.6) is 0 Å². The van der Waals surface area contributed by atoms with Crippen LogP contribution in [0.25, 0.3) is 0 Å². The van der Waals surface area contributed by atoms with E-state index >= 15 is 0 Å². The van der Waals surface area contributed by atoms with Gasteiger partial charge in [-0.3, -0.25) is 4.79 Å². The van der Waals surface area contributed by atoms with Gasteiger partial charge in [0.2, 0.25) is 5.91 Å². The lowest BCUT2D eigenvalue weighted by atomic mass is 9.95. The Morgan fingerprint density at radius 3 is 2.47 bits per heavy atom. The van der Waals surface area contributed by atoms with Crippen LogP contribution in [0.1, 0.15) is 40.5 Å². The molecule has 0 radical (unpaired) electrons. The van der Waals surface area contributed by atoms with Crippen LogP contribution in [-0.2, 0) is 4.79 Å². The Morgan fingerprint density at radius 1 is 1.60 bits per heavy atom. The molecule has 0 rings (SSSR count). The Labute approximate surface area is 93.3 Å². The molecule has 0 spiro atoms. The fraction of sp³-hybridized carbons (Fsp3) is 0.750. The van der Waals surface area contributed by atoms with Crippen LogP contribution in [0.4, 0.5) is 0 Å². The van der Waals surface area contributed by atoms with Crippen molar-refractivity contribution in [2.75, 3.05) is 6.54 Å². The largest absolute Gasteiger partial charge is 0.335 e. The maximum absolute atomic E-state index is 12.1. The normalized spacial score (nSPS) is 14.8. The molecule has 0 aromatic heterocycles. The summed E-state index contributed by atoms with van der Waals surface area (Å²) in [5.41, 5.74) is 5.27. The van der Waals surface area contributed by atoms with Gasteiger partial charge in [0, 0.05) is 12.6 Å². The average Bonchev–Trinajstić information content (AvgIpc) is 2.12. The Balaban J connectivity index is 4.68. The van der Waals surface area contributed by atoms with Gasteiger partial charge in [0.25, 0.3) is 0 Å². The van der Waals surface area contributed by atoms with E-state index in [0.29, 0.717) is 13.0 Å². The molecule has 1 unspecified atom stereocenters. The topological polar surface area (TPSA) is 46.3 Å². The van der Waals surface area contributed by atoms with Gasteiger partial charge in [-0.25, -0.2) is 0 Å². The molecule has 1 atom stereocenters. The SMILES string of the molecule is C=CCN(C(=O)C(C)(N)CCC)C(C)C. The molecule has 0 fully saturated rings. The minimum Gasteiger partial charge on any atom is -0.335 e. The molecular formula is C12H24N2O. The molecule has 0 aliphatic rings. The molecule has 1 amide bonds. The third-order valence-corrected chi connectivity index (χ3v) is 2.47. The summed E-state index contributed by atoms with van der Waals surface area (Å²) in [6.07, 6.45) is 3.37. The molecule has 88 valence electrons. The fourth-order valence-corrected chi connectivity index (χ4v) is 1.62. The molecule has 2 N–H and O–H groups in total. The standard InChI is InChI=1S/C12H24N2O/c1-6-8-12(5,13)11(15)14(9-7-2)10(3)4/h7,10H,2,6,8-9,13H2,1,3-5H3. The van der Waals surface area contributed by atoms with E-state index in [0.717, 1.165) is 6.42 Å². The monoisotopic (exact) mass is 212 g/mol. The van der Waals surface area contributed by atoms with Crippen molar-refractivity contribution >= 4 is 5.91 Å². The zero-order chi connectivity index (χ0) is 12.1. The van der Waals surface area contributed by atoms with Crippen molar-refractivity contribution < 1.29 is 4.79 Å². The zero-order valence-electron chi connectivity index (χ0n) is 10.4. The molecule has 0 aromatic carbocycles. The molecule has 0 aromatic rings. The predicted octanol–water partition coefficient (Wildman–Crippen LogP) is 1.93. The highest BCUT2D eigenvalue weighted by Gasteiger charge is 2.32. The van der Waals surface area contributed by atoms with Crippen LogP contribution in [0.3, 0.4) is 0 Å². The van der Waals surface area contributed by atoms with E-state index in [9.17, 15) is 4.79 Å². The number of amides is 1. The summed E-state index contributed by atoms with van der Waals surface area (Å²) in [5.74, 6) is 0.0132. The molecule has 3 heteroatoms. The van der Waals surface area contributed by atoms with Gasteiger partial charge in [-0.15, -0.1) is 6.58 Å². The minimum atomic E-state index is -0.748. The molecule has 0 heterocycles. The third kappa shape index (κ3) is 4.04. The Morgan fingerprint density at radius 2 is 2.13 bits per heavy atom. The van der Waals surface area contributed by atoms with Crippen molar-refractivity contribution in [3.8, 4) is 0 Å². The van der Waals surface area contributed by atoms with Gasteiger partial charge < -0.3 is 10.6 Å². The number of hydrogen-bond donors (Lipinski definition) is 1. The summed E-state index contributed by atoms with van der Waals surface area (Å²) < 4.78 is 0. The zero-order valence-corrected chi connectivity index (χ0v) is 10.4. The molecule has 3 nitrogen and oxygen atoms in total. The van der Waals surface area contributed by atoms with Crippen molar-refractivity contribution in [1.82, 2.24) is 4.90 Å². The van der Waals surface area contributed by atoms with E-state index < -0.39 is 5.54 Å². The smallest absolute Gasteiger partial charge is 0.242 e. The van der Waals surface area contributed by atoms with Crippen molar-refractivity contribution in [2.24, 2.45) is 5.73 Å². The molecule has 0 saturated heterocycles. The van der Waals surface area contributed by atoms with E-state index in [4.69, 9.17) is 5.73 Å². The molecular weight excluding hydrogens is 188 g/mol. The molecule has 0 saturated carbocycles. The van der Waals surface area contributed by atoms with E-state index in [2.05, 4.69) is 6.58 Å². The van der Waals surface area contributed by atoms with Crippen molar-refractivity contribution in [2.45, 2.75) is 52.1 Å². The number of nitrogens with two attached hydrogens (primary N) is 1. The fourth-order valence-electron chi connectivity index (χ4n) is 1.62. The van der Waals surface area contributed by atoms with E-state index in [1.807, 2.05) is 20.8 Å². The average molecular weight is 212 g/mol. The molecule has 0 aliphatic carbocycles. The van der Waals surface area contributed by atoms with Gasteiger partial charge in [0.15, 0.2) is 0 Å². The molecule has 15 heavy (non-hydrogen) atoms. The van der Waals surface area contributed by atoms with Crippen LogP contribution in [0.15, 0.2) is 12.7 Å². The number of nitrogens with zero attached hydrogens (tertiary/aromatic N) is 1. The summed E-state index contributed by atoms with van der Waals surface area (Å²) in [6, 6.07) is 0.162. The van der Waals surface area contributed by atoms with E-state index in [-0.39, 0.29) is 11.9 Å². The second-order valence-electron chi connectivity index (χ2n) is 4.51. The van der Waals surface area contributed by atoms with Crippen LogP contribution in [0.2, 0.25) is 0 Å². The first-order valence-electron chi connectivity index (χ1n) is 5.57. The van der Waals surface area contributed by atoms with Gasteiger partial charge in [0.05, 0.1) is 5.54 Å². The van der Waals surface area contributed by atoms with Crippen LogP contribution in [-0.4, -0.2) is 28.9 Å². The summed E-state index contributed by atoms with van der Waals surface area (Å²) >= 11 is 0. The summed E-state index contributed by atoms with van der Waals surface area (Å²) in [5, 5.41) is 0. The Hall–Kier alpha value is -0.830. The van der Waals surface area contributed by atoms with Crippen molar-refractivity contribution in [1.29, 1.82) is 0 Å². The number of hydrogen-bond acceptors (Lipinski definition) is 2. The Kier molecular flexibility index (Phi) is 5.58. The van der Waals surface area contributed by atoms with Crippen LogP contribution in [0, 0.1) is 0 Å². The predicted molar refractivity (Wildman–Crippen MR) is 64.5 cm³/mol. The highest BCUT2D eigenvalue weighted by Crippen LogP contribution is 2.14. The van der Waals surface area contributed by atoms with Crippen LogP contribution >= 0.6 is 0 Å². The summed E-state index contributed by atoms with van der Waals surface area (Å²) in [7, 11) is 0. The number of carbonyl (C=O) groups is 1. The first kappa shape index (κ1) is 14.2. The third-order valence-electron chi connectivity index (χ3n) is 2.47. The van der Waals surface area contributed by atoms with Crippen molar-refractivity contribution in [3.05, 3.63) is 12.7 Å². The molecule has 0 bridgehead atoms. The van der Waals surface area contributed by atoms with E-state index in [1.165, 1.54) is 0 Å². The van der Waals surface area contributed by atoms with Gasteiger partial charge >= 0.3 is 0 Å². The maximum atomic E-state index is 12.1. The van der Waals surface area contributed by atoms with Crippen LogP contribution < -0.4 is 5.73 Å². The quantitative estimate of drug-likeness (QED) is 0.684. The van der Waals surface area contributed by atoms with Gasteiger partial charge in [-0.1, -0.05) is 19.4 Å². The lowest BCUT2D eigenvalue weighted by Crippen LogP contribution is -2.55. The van der Waals surface area contributed by atoms with E-state index in [1.54, 1.807) is 17.9 Å². The maximum Gasteiger partial charge on any atom is 0.242 e. The highest BCUT2D eigenvalue weighted by molar-refractivity contribution is 5.86. The second kappa shape index (κ2) is 5.91. The Bertz CT molecular complexity index is 222. The number of rotatable bonds is 6. The second-order valence-corrected chi connectivity index (χ2v) is 4.51. The lowest BCUT2D eigenvalue weighted by molar-refractivity contribution is -0.137. The van der Waals surface area contributed by atoms with Gasteiger partial charge in [-0.2, -0.15) is 0 Å². The first-order chi connectivity index (χ1) is 6.86. The van der Waals surface area contributed by atoms with Gasteiger partial charge in [-0.05, 0) is 27.2 Å². The summed E-state index contributed by atoms with van der Waals surface area (Å²) in [6.45, 7) is 12.0. The summed E-state index contributed by atoms with van der Waals surface area (Å²) in [4.78, 5) is 13.9.